The van der Waals surface area contributed by atoms with Gasteiger partial charge in [-0.05, 0) is 36.2 Å². The van der Waals surface area contributed by atoms with E-state index in [-0.39, 0.29) is 5.82 Å². The fraction of sp³-hybridized carbons (Fsp3) is 0.250. The molecule has 1 heterocycles. The molecule has 3 rings (SSSR count). The molecule has 0 radical (unpaired) electrons. The second-order valence-electron chi connectivity index (χ2n) is 4.95. The standard InChI is InChI=1S/C16H16BrFN2/c17-14-10-13(18)7-6-12(14)11-20-9-3-8-19-15-4-1-2-5-16(15)20/h1-2,4-7,10,19H,3,8-9,11H2. The van der Waals surface area contributed by atoms with E-state index in [1.807, 2.05) is 12.1 Å². The summed E-state index contributed by atoms with van der Waals surface area (Å²) in [5, 5.41) is 3.45. The topological polar surface area (TPSA) is 15.3 Å². The molecule has 1 N–H and O–H groups in total. The minimum atomic E-state index is -0.210. The van der Waals surface area contributed by atoms with E-state index in [4.69, 9.17) is 0 Å². The third-order valence-electron chi connectivity index (χ3n) is 3.54. The first-order chi connectivity index (χ1) is 9.74. The van der Waals surface area contributed by atoms with Crippen molar-refractivity contribution in [3.05, 3.63) is 58.3 Å². The molecule has 0 spiro atoms. The lowest BCUT2D eigenvalue weighted by molar-refractivity contribution is 0.625. The number of benzene rings is 2. The highest BCUT2D eigenvalue weighted by Crippen LogP contribution is 2.30. The zero-order chi connectivity index (χ0) is 13.9. The third-order valence-corrected chi connectivity index (χ3v) is 4.28. The number of rotatable bonds is 2. The lowest BCUT2D eigenvalue weighted by atomic mass is 10.1. The normalized spacial score (nSPS) is 14.4. The molecule has 0 amide bonds. The van der Waals surface area contributed by atoms with Crippen LogP contribution in [0.1, 0.15) is 12.0 Å². The van der Waals surface area contributed by atoms with E-state index < -0.39 is 0 Å². The summed E-state index contributed by atoms with van der Waals surface area (Å²) in [5.74, 6) is -0.210. The molecule has 1 aliphatic rings. The van der Waals surface area contributed by atoms with Crippen molar-refractivity contribution in [2.45, 2.75) is 13.0 Å². The van der Waals surface area contributed by atoms with Crippen LogP contribution in [-0.2, 0) is 6.54 Å². The van der Waals surface area contributed by atoms with Crippen molar-refractivity contribution >= 4 is 27.3 Å². The van der Waals surface area contributed by atoms with Crippen LogP contribution in [0.2, 0.25) is 0 Å². The lowest BCUT2D eigenvalue weighted by Gasteiger charge is -2.25. The first-order valence-electron chi connectivity index (χ1n) is 6.76. The Kier molecular flexibility index (Phi) is 3.92. The van der Waals surface area contributed by atoms with Gasteiger partial charge in [-0.1, -0.05) is 34.1 Å². The van der Waals surface area contributed by atoms with Gasteiger partial charge in [0.25, 0.3) is 0 Å². The van der Waals surface area contributed by atoms with Crippen LogP contribution in [0.4, 0.5) is 15.8 Å². The molecule has 1 aliphatic heterocycles. The Hall–Kier alpha value is -1.55. The van der Waals surface area contributed by atoms with Gasteiger partial charge in [0.2, 0.25) is 0 Å². The summed E-state index contributed by atoms with van der Waals surface area (Å²) in [6.07, 6.45) is 1.09. The van der Waals surface area contributed by atoms with E-state index in [2.05, 4.69) is 44.3 Å². The van der Waals surface area contributed by atoms with Gasteiger partial charge in [0, 0.05) is 24.1 Å². The van der Waals surface area contributed by atoms with Gasteiger partial charge in [-0.15, -0.1) is 0 Å². The van der Waals surface area contributed by atoms with Crippen LogP contribution >= 0.6 is 15.9 Å². The average Bonchev–Trinajstić information content (AvgIpc) is 2.65. The maximum absolute atomic E-state index is 13.2. The smallest absolute Gasteiger partial charge is 0.124 e. The summed E-state index contributed by atoms with van der Waals surface area (Å²) < 4.78 is 14.0. The first kappa shape index (κ1) is 13.4. The maximum Gasteiger partial charge on any atom is 0.124 e. The van der Waals surface area contributed by atoms with Gasteiger partial charge < -0.3 is 10.2 Å². The molecular formula is C16H16BrFN2. The molecule has 0 saturated carbocycles. The molecule has 0 fully saturated rings. The second-order valence-corrected chi connectivity index (χ2v) is 5.81. The molecular weight excluding hydrogens is 319 g/mol. The van der Waals surface area contributed by atoms with E-state index in [9.17, 15) is 4.39 Å². The molecule has 4 heteroatoms. The van der Waals surface area contributed by atoms with E-state index >= 15 is 0 Å². The van der Waals surface area contributed by atoms with Gasteiger partial charge in [-0.25, -0.2) is 4.39 Å². The highest BCUT2D eigenvalue weighted by Gasteiger charge is 2.15. The van der Waals surface area contributed by atoms with Gasteiger partial charge in [-0.2, -0.15) is 0 Å². The summed E-state index contributed by atoms with van der Waals surface area (Å²) in [5.41, 5.74) is 3.48. The molecule has 104 valence electrons. The molecule has 2 aromatic carbocycles. The van der Waals surface area contributed by atoms with Crippen LogP contribution in [0.5, 0.6) is 0 Å². The number of anilines is 2. The van der Waals surface area contributed by atoms with Gasteiger partial charge in [0.15, 0.2) is 0 Å². The van der Waals surface area contributed by atoms with Crippen LogP contribution in [0.25, 0.3) is 0 Å². The van der Waals surface area contributed by atoms with Crippen LogP contribution in [-0.4, -0.2) is 13.1 Å². The molecule has 0 aliphatic carbocycles. The Balaban J connectivity index is 1.90. The van der Waals surface area contributed by atoms with Gasteiger partial charge >= 0.3 is 0 Å². The van der Waals surface area contributed by atoms with Crippen molar-refractivity contribution in [1.29, 1.82) is 0 Å². The number of nitrogens with zero attached hydrogens (tertiary/aromatic N) is 1. The summed E-state index contributed by atoms with van der Waals surface area (Å²) >= 11 is 3.45. The quantitative estimate of drug-likeness (QED) is 0.875. The average molecular weight is 335 g/mol. The van der Waals surface area contributed by atoms with E-state index in [1.54, 1.807) is 0 Å². The molecule has 0 saturated heterocycles. The molecule has 20 heavy (non-hydrogen) atoms. The molecule has 2 nitrogen and oxygen atoms in total. The predicted octanol–water partition coefficient (Wildman–Crippen LogP) is 4.41. The minimum Gasteiger partial charge on any atom is -0.383 e. The number of fused-ring (bicyclic) bond motifs is 1. The van der Waals surface area contributed by atoms with Crippen LogP contribution in [0.15, 0.2) is 46.9 Å². The Labute approximate surface area is 126 Å². The molecule has 2 aromatic rings. The summed E-state index contributed by atoms with van der Waals surface area (Å²) in [7, 11) is 0. The zero-order valence-electron chi connectivity index (χ0n) is 11.1. The Morgan fingerprint density at radius 1 is 1.20 bits per heavy atom. The molecule has 0 atom stereocenters. The Bertz CT molecular complexity index is 615. The van der Waals surface area contributed by atoms with Crippen LogP contribution in [0.3, 0.4) is 0 Å². The van der Waals surface area contributed by atoms with Gasteiger partial charge in [-0.3, -0.25) is 0 Å². The van der Waals surface area contributed by atoms with E-state index in [0.29, 0.717) is 0 Å². The molecule has 0 bridgehead atoms. The second kappa shape index (κ2) is 5.83. The van der Waals surface area contributed by atoms with Crippen molar-refractivity contribution in [3.63, 3.8) is 0 Å². The summed E-state index contributed by atoms with van der Waals surface area (Å²) in [6, 6.07) is 13.2. The van der Waals surface area contributed by atoms with Crippen LogP contribution < -0.4 is 10.2 Å². The Morgan fingerprint density at radius 3 is 2.90 bits per heavy atom. The highest BCUT2D eigenvalue weighted by atomic mass is 79.9. The fourth-order valence-corrected chi connectivity index (χ4v) is 3.01. The predicted molar refractivity (Wildman–Crippen MR) is 84.7 cm³/mol. The van der Waals surface area contributed by atoms with Gasteiger partial charge in [0.05, 0.1) is 11.4 Å². The fourth-order valence-electron chi connectivity index (χ4n) is 2.53. The third kappa shape index (κ3) is 2.80. The summed E-state index contributed by atoms with van der Waals surface area (Å²) in [6.45, 7) is 2.76. The first-order valence-corrected chi connectivity index (χ1v) is 7.55. The SMILES string of the molecule is Fc1ccc(CN2CCCNc3ccccc32)c(Br)c1. The minimum absolute atomic E-state index is 0.210. The number of hydrogen-bond donors (Lipinski definition) is 1. The van der Waals surface area contributed by atoms with Crippen molar-refractivity contribution in [3.8, 4) is 0 Å². The van der Waals surface area contributed by atoms with Crippen molar-refractivity contribution in [1.82, 2.24) is 0 Å². The monoisotopic (exact) mass is 334 g/mol. The van der Waals surface area contributed by atoms with Crippen molar-refractivity contribution in [2.24, 2.45) is 0 Å². The maximum atomic E-state index is 13.2. The van der Waals surface area contributed by atoms with E-state index in [0.717, 1.165) is 36.1 Å². The molecule has 0 unspecified atom stereocenters. The number of nitrogens with one attached hydrogen (secondary N) is 1. The van der Waals surface area contributed by atoms with Crippen molar-refractivity contribution in [2.75, 3.05) is 23.3 Å². The largest absolute Gasteiger partial charge is 0.383 e. The van der Waals surface area contributed by atoms with Crippen LogP contribution in [0, 0.1) is 5.82 Å². The Morgan fingerprint density at radius 2 is 2.05 bits per heavy atom. The molecule has 0 aromatic heterocycles. The highest BCUT2D eigenvalue weighted by molar-refractivity contribution is 9.10. The number of para-hydroxylation sites is 2. The van der Waals surface area contributed by atoms with E-state index in [1.165, 1.54) is 23.5 Å². The zero-order valence-corrected chi connectivity index (χ0v) is 12.7. The van der Waals surface area contributed by atoms with Crippen molar-refractivity contribution < 1.29 is 4.39 Å². The van der Waals surface area contributed by atoms with Gasteiger partial charge in [0.1, 0.15) is 5.82 Å². The lowest BCUT2D eigenvalue weighted by Crippen LogP contribution is -2.23. The number of hydrogen-bond acceptors (Lipinski definition) is 2. The summed E-state index contributed by atoms with van der Waals surface area (Å²) in [4.78, 5) is 2.34. The number of halogens is 2.